The number of nitrogens with zero attached hydrogens (tertiary/aromatic N) is 2. The van der Waals surface area contributed by atoms with E-state index in [0.717, 1.165) is 33.1 Å². The van der Waals surface area contributed by atoms with E-state index in [2.05, 4.69) is 151 Å². The van der Waals surface area contributed by atoms with Crippen LogP contribution in [0.1, 0.15) is 0 Å². The maximum absolute atomic E-state index is 5.18. The molecule has 7 aromatic carbocycles. The molecule has 2 heterocycles. The van der Waals surface area contributed by atoms with Crippen LogP contribution in [0.15, 0.2) is 158 Å². The van der Waals surface area contributed by atoms with Gasteiger partial charge in [0.05, 0.1) is 16.7 Å². The number of hydrogen-bond acceptors (Lipinski definition) is 2. The molecule has 1 aliphatic rings. The van der Waals surface area contributed by atoms with Gasteiger partial charge in [-0.2, -0.15) is 0 Å². The van der Waals surface area contributed by atoms with Gasteiger partial charge < -0.3 is 0 Å². The molecule has 10 rings (SSSR count). The average molecular weight is 583 g/mol. The molecule has 2 heteroatoms. The highest BCUT2D eigenvalue weighted by Crippen LogP contribution is 2.49. The lowest BCUT2D eigenvalue weighted by atomic mass is 9.90. The zero-order valence-corrected chi connectivity index (χ0v) is 24.9. The molecule has 0 unspecified atom stereocenters. The average Bonchev–Trinajstić information content (AvgIpc) is 3.46. The van der Waals surface area contributed by atoms with Crippen molar-refractivity contribution in [3.8, 4) is 55.8 Å². The van der Waals surface area contributed by atoms with E-state index < -0.39 is 0 Å². The Kier molecular flexibility index (Phi) is 5.31. The molecule has 2 aromatic heterocycles. The van der Waals surface area contributed by atoms with Crippen LogP contribution in [0, 0.1) is 0 Å². The lowest BCUT2D eigenvalue weighted by molar-refractivity contribution is 1.37. The van der Waals surface area contributed by atoms with E-state index in [0.29, 0.717) is 0 Å². The van der Waals surface area contributed by atoms with Crippen molar-refractivity contribution in [2.24, 2.45) is 0 Å². The number of aromatic nitrogens is 2. The second-order valence-corrected chi connectivity index (χ2v) is 12.1. The Morgan fingerprint density at radius 2 is 0.913 bits per heavy atom. The van der Waals surface area contributed by atoms with Crippen LogP contribution in [0.2, 0.25) is 0 Å². The maximum atomic E-state index is 5.18. The van der Waals surface area contributed by atoms with Crippen molar-refractivity contribution in [1.29, 1.82) is 0 Å². The summed E-state index contributed by atoms with van der Waals surface area (Å²) in [5.41, 5.74) is 14.2. The van der Waals surface area contributed by atoms with Gasteiger partial charge in [0.15, 0.2) is 0 Å². The first-order chi connectivity index (χ1) is 22.8. The highest BCUT2D eigenvalue weighted by molar-refractivity contribution is 6.19. The summed E-state index contributed by atoms with van der Waals surface area (Å²) in [5, 5.41) is 7.25. The Morgan fingerprint density at radius 3 is 1.72 bits per heavy atom. The van der Waals surface area contributed by atoms with Crippen LogP contribution >= 0.6 is 0 Å². The SMILES string of the molecule is c1cc(-c2ccc(-c3ccc4ccc5cccnc5c4n3)c3ccccc23)cc(-c2ccc3c4c(cccc24)-c2ccccc2-3)c1. The molecule has 0 bridgehead atoms. The van der Waals surface area contributed by atoms with Crippen LogP contribution < -0.4 is 0 Å². The molecule has 0 spiro atoms. The monoisotopic (exact) mass is 582 g/mol. The third-order valence-electron chi connectivity index (χ3n) is 9.66. The van der Waals surface area contributed by atoms with Crippen molar-refractivity contribution in [3.63, 3.8) is 0 Å². The molecular weight excluding hydrogens is 556 g/mol. The lowest BCUT2D eigenvalue weighted by Gasteiger charge is -2.14. The topological polar surface area (TPSA) is 25.8 Å². The van der Waals surface area contributed by atoms with Crippen LogP contribution in [0.4, 0.5) is 0 Å². The van der Waals surface area contributed by atoms with Crippen LogP contribution in [0.3, 0.4) is 0 Å². The molecule has 0 N–H and O–H groups in total. The number of rotatable bonds is 3. The van der Waals surface area contributed by atoms with Gasteiger partial charge in [0.1, 0.15) is 0 Å². The number of fused-ring (bicyclic) bond motifs is 7. The highest BCUT2D eigenvalue weighted by atomic mass is 14.8. The molecular formula is C44H26N2. The zero-order chi connectivity index (χ0) is 30.2. The molecule has 46 heavy (non-hydrogen) atoms. The molecule has 2 nitrogen and oxygen atoms in total. The molecule has 0 radical (unpaired) electrons. The van der Waals surface area contributed by atoms with E-state index in [4.69, 9.17) is 4.98 Å². The third-order valence-corrected chi connectivity index (χ3v) is 9.66. The van der Waals surface area contributed by atoms with E-state index in [1.54, 1.807) is 0 Å². The van der Waals surface area contributed by atoms with E-state index in [-0.39, 0.29) is 0 Å². The van der Waals surface area contributed by atoms with Crippen LogP contribution in [0.25, 0.3) is 99.1 Å². The van der Waals surface area contributed by atoms with Crippen molar-refractivity contribution in [1.82, 2.24) is 9.97 Å². The fourth-order valence-electron chi connectivity index (χ4n) is 7.56. The largest absolute Gasteiger partial charge is 0.254 e. The normalized spacial score (nSPS) is 11.9. The molecule has 9 aromatic rings. The minimum absolute atomic E-state index is 0.935. The minimum Gasteiger partial charge on any atom is -0.254 e. The standard InChI is InChI=1S/C44H26N2/c1-2-12-34-33(11-1)31(20-22-37(34)41-24-19-28-18-17-27-10-7-25-45-43(27)44(28)46-41)29-8-5-9-30(26-29)32-21-23-40-36-14-4-3-13-35(36)39-16-6-15-38(32)42(39)40/h1-26H. The first kappa shape index (κ1) is 25.2. The Hall–Kier alpha value is -6.12. The van der Waals surface area contributed by atoms with Crippen molar-refractivity contribution in [3.05, 3.63) is 158 Å². The van der Waals surface area contributed by atoms with E-state index in [9.17, 15) is 0 Å². The maximum Gasteiger partial charge on any atom is 0.0972 e. The summed E-state index contributed by atoms with van der Waals surface area (Å²) in [7, 11) is 0. The Balaban J connectivity index is 1.12. The number of pyridine rings is 2. The van der Waals surface area contributed by atoms with Gasteiger partial charge in [0, 0.05) is 22.5 Å². The summed E-state index contributed by atoms with van der Waals surface area (Å²) < 4.78 is 0. The van der Waals surface area contributed by atoms with Gasteiger partial charge in [0.25, 0.3) is 0 Å². The van der Waals surface area contributed by atoms with Crippen molar-refractivity contribution < 1.29 is 0 Å². The fraction of sp³-hybridized carbons (Fsp3) is 0. The van der Waals surface area contributed by atoms with E-state index in [1.165, 1.54) is 66.1 Å². The second kappa shape index (κ2) is 9.69. The first-order valence-electron chi connectivity index (χ1n) is 15.7. The molecule has 0 atom stereocenters. The lowest BCUT2D eigenvalue weighted by Crippen LogP contribution is -1.91. The van der Waals surface area contributed by atoms with Crippen molar-refractivity contribution in [2.75, 3.05) is 0 Å². The van der Waals surface area contributed by atoms with Gasteiger partial charge in [-0.1, -0.05) is 133 Å². The van der Waals surface area contributed by atoms with Crippen molar-refractivity contribution >= 4 is 43.4 Å². The number of benzene rings is 7. The van der Waals surface area contributed by atoms with Gasteiger partial charge >= 0.3 is 0 Å². The van der Waals surface area contributed by atoms with Gasteiger partial charge in [-0.15, -0.1) is 0 Å². The molecule has 0 saturated heterocycles. The van der Waals surface area contributed by atoms with Crippen LogP contribution in [-0.2, 0) is 0 Å². The zero-order valence-electron chi connectivity index (χ0n) is 24.9. The molecule has 212 valence electrons. The van der Waals surface area contributed by atoms with Crippen LogP contribution in [0.5, 0.6) is 0 Å². The van der Waals surface area contributed by atoms with Gasteiger partial charge in [-0.3, -0.25) is 4.98 Å². The summed E-state index contributed by atoms with van der Waals surface area (Å²) in [4.78, 5) is 9.85. The number of hydrogen-bond donors (Lipinski definition) is 0. The van der Waals surface area contributed by atoms with E-state index in [1.807, 2.05) is 12.3 Å². The third kappa shape index (κ3) is 3.65. The smallest absolute Gasteiger partial charge is 0.0972 e. The Bertz CT molecular complexity index is 2670. The van der Waals surface area contributed by atoms with Gasteiger partial charge in [-0.05, 0) is 84.3 Å². The molecule has 0 aliphatic heterocycles. The summed E-state index contributed by atoms with van der Waals surface area (Å²) in [6.07, 6.45) is 1.84. The van der Waals surface area contributed by atoms with Crippen molar-refractivity contribution in [2.45, 2.75) is 0 Å². The predicted molar refractivity (Wildman–Crippen MR) is 193 cm³/mol. The Labute approximate surface area is 266 Å². The summed E-state index contributed by atoms with van der Waals surface area (Å²) in [6.45, 7) is 0. The summed E-state index contributed by atoms with van der Waals surface area (Å²) >= 11 is 0. The van der Waals surface area contributed by atoms with Gasteiger partial charge in [-0.25, -0.2) is 4.98 Å². The quantitative estimate of drug-likeness (QED) is 0.194. The summed E-state index contributed by atoms with van der Waals surface area (Å²) in [6, 6.07) is 54.9. The van der Waals surface area contributed by atoms with E-state index >= 15 is 0 Å². The molecule has 0 fully saturated rings. The highest BCUT2D eigenvalue weighted by Gasteiger charge is 2.22. The molecule has 1 aliphatic carbocycles. The van der Waals surface area contributed by atoms with Crippen LogP contribution in [-0.4, -0.2) is 9.97 Å². The second-order valence-electron chi connectivity index (χ2n) is 12.1. The fourth-order valence-corrected chi connectivity index (χ4v) is 7.56. The Morgan fingerprint density at radius 1 is 0.348 bits per heavy atom. The summed E-state index contributed by atoms with van der Waals surface area (Å²) in [5.74, 6) is 0. The minimum atomic E-state index is 0.935. The molecule has 0 amide bonds. The predicted octanol–water partition coefficient (Wildman–Crippen LogP) is 11.7. The first-order valence-corrected chi connectivity index (χ1v) is 15.7. The van der Waals surface area contributed by atoms with Gasteiger partial charge in [0.2, 0.25) is 0 Å². The molecule has 0 saturated carbocycles.